The second-order valence-electron chi connectivity index (χ2n) is 4.38. The molecule has 3 aromatic rings. The Hall–Kier alpha value is -2.03. The summed E-state index contributed by atoms with van der Waals surface area (Å²) in [6.45, 7) is 0. The van der Waals surface area contributed by atoms with Gasteiger partial charge in [-0.05, 0) is 0 Å². The van der Waals surface area contributed by atoms with E-state index in [1.165, 1.54) is 8.92 Å². The quantitative estimate of drug-likeness (QED) is 0.697. The van der Waals surface area contributed by atoms with Gasteiger partial charge in [-0.15, -0.1) is 0 Å². The normalized spacial score (nSPS) is 10.7. The summed E-state index contributed by atoms with van der Waals surface area (Å²) >= 11 is 0.184. The van der Waals surface area contributed by atoms with Crippen molar-refractivity contribution in [1.82, 2.24) is 10.3 Å². The van der Waals surface area contributed by atoms with Gasteiger partial charge in [0.15, 0.2) is 0 Å². The number of carbonyl (C=O) groups excluding carboxylic acids is 1. The Bertz CT molecular complexity index is 750. The van der Waals surface area contributed by atoms with Gasteiger partial charge in [0.1, 0.15) is 0 Å². The van der Waals surface area contributed by atoms with E-state index in [0.717, 1.165) is 16.5 Å². The van der Waals surface area contributed by atoms with E-state index in [4.69, 9.17) is 0 Å². The molecule has 4 heteroatoms. The van der Waals surface area contributed by atoms with Gasteiger partial charge in [0.2, 0.25) is 0 Å². The number of rotatable bonds is 3. The first-order valence-electron chi connectivity index (χ1n) is 6.34. The van der Waals surface area contributed by atoms with Crippen molar-refractivity contribution in [3.63, 3.8) is 0 Å². The molecule has 20 heavy (non-hydrogen) atoms. The Morgan fingerprint density at radius 2 is 1.90 bits per heavy atom. The Balaban J connectivity index is 2.10. The molecule has 0 fully saturated rings. The zero-order valence-corrected chi connectivity index (χ0v) is 12.7. The average Bonchev–Trinajstić information content (AvgIpc) is 2.91. The third kappa shape index (κ3) is 2.36. The molecule has 0 atom stereocenters. The molecule has 3 rings (SSSR count). The van der Waals surface area contributed by atoms with Crippen LogP contribution in [-0.2, 0) is 0 Å². The topological polar surface area (TPSA) is 44.9 Å². The summed E-state index contributed by atoms with van der Waals surface area (Å²) in [5.41, 5.74) is 1.75. The van der Waals surface area contributed by atoms with Crippen LogP contribution in [0.1, 0.15) is 10.4 Å². The molecule has 0 aliphatic rings. The predicted octanol–water partition coefficient (Wildman–Crippen LogP) is 1.18. The Morgan fingerprint density at radius 1 is 1.10 bits per heavy atom. The number of fused-ring (bicyclic) bond motifs is 1. The van der Waals surface area contributed by atoms with Crippen LogP contribution >= 0.6 is 0 Å². The van der Waals surface area contributed by atoms with Crippen molar-refractivity contribution in [1.29, 1.82) is 0 Å². The number of aromatic amines is 1. The molecule has 1 amide bonds. The van der Waals surface area contributed by atoms with Crippen molar-refractivity contribution in [2.45, 2.75) is 0 Å². The molecule has 0 aliphatic heterocycles. The maximum atomic E-state index is 12.0. The Morgan fingerprint density at radius 3 is 2.65 bits per heavy atom. The van der Waals surface area contributed by atoms with Crippen LogP contribution in [0.15, 0.2) is 54.7 Å². The molecule has 0 saturated heterocycles. The van der Waals surface area contributed by atoms with Crippen LogP contribution in [0.2, 0.25) is 0 Å². The van der Waals surface area contributed by atoms with Gasteiger partial charge in [-0.3, -0.25) is 0 Å². The van der Waals surface area contributed by atoms with E-state index in [1.54, 1.807) is 7.05 Å². The molecular formula is C16H14N2OSe. The van der Waals surface area contributed by atoms with Crippen LogP contribution in [-0.4, -0.2) is 32.9 Å². The minimum atomic E-state index is -0.0414. The number of carbonyl (C=O) groups is 1. The predicted molar refractivity (Wildman–Crippen MR) is 83.2 cm³/mol. The number of H-pyrrole nitrogens is 1. The molecule has 2 N–H and O–H groups in total. The third-order valence-electron chi connectivity index (χ3n) is 3.11. The van der Waals surface area contributed by atoms with Crippen LogP contribution in [0.3, 0.4) is 0 Å². The van der Waals surface area contributed by atoms with Gasteiger partial charge in [0, 0.05) is 0 Å². The first-order chi connectivity index (χ1) is 9.79. The number of amides is 1. The first kappa shape index (κ1) is 13.0. The van der Waals surface area contributed by atoms with Gasteiger partial charge in [-0.25, -0.2) is 0 Å². The summed E-state index contributed by atoms with van der Waals surface area (Å²) in [4.78, 5) is 15.3. The van der Waals surface area contributed by atoms with E-state index in [0.29, 0.717) is 0 Å². The van der Waals surface area contributed by atoms with Crippen molar-refractivity contribution < 1.29 is 4.79 Å². The van der Waals surface area contributed by atoms with E-state index in [9.17, 15) is 4.79 Å². The number of benzene rings is 2. The summed E-state index contributed by atoms with van der Waals surface area (Å²) < 4.78 is 2.51. The van der Waals surface area contributed by atoms with E-state index < -0.39 is 0 Å². The first-order valence-corrected chi connectivity index (χ1v) is 8.06. The average molecular weight is 329 g/mol. The van der Waals surface area contributed by atoms with E-state index in [1.807, 2.05) is 42.6 Å². The third-order valence-corrected chi connectivity index (χ3v) is 5.31. The fourth-order valence-corrected chi connectivity index (χ4v) is 4.24. The molecule has 1 heterocycles. The van der Waals surface area contributed by atoms with Gasteiger partial charge in [0.25, 0.3) is 0 Å². The molecule has 0 unspecified atom stereocenters. The zero-order valence-electron chi connectivity index (χ0n) is 11.0. The van der Waals surface area contributed by atoms with Crippen molar-refractivity contribution in [2.75, 3.05) is 7.05 Å². The van der Waals surface area contributed by atoms with Crippen molar-refractivity contribution in [3.05, 3.63) is 60.3 Å². The number of aromatic nitrogens is 1. The Labute approximate surface area is 123 Å². The van der Waals surface area contributed by atoms with Crippen LogP contribution in [0, 0.1) is 0 Å². The maximum absolute atomic E-state index is 12.0. The molecule has 100 valence electrons. The number of nitrogens with one attached hydrogen (secondary N) is 2. The van der Waals surface area contributed by atoms with Gasteiger partial charge < -0.3 is 0 Å². The molecule has 0 spiro atoms. The standard InChI is InChI=1S/C16H14N2OSe/c1-17-16(19)12-8-5-9-13-15(12)14(10-18-13)20-11-6-3-2-4-7-11/h2-10,18H,1H3,(H,17,19). The molecule has 0 saturated carbocycles. The number of hydrogen-bond acceptors (Lipinski definition) is 1. The molecule has 0 radical (unpaired) electrons. The summed E-state index contributed by atoms with van der Waals surface area (Å²) in [6, 6.07) is 16.2. The van der Waals surface area contributed by atoms with Crippen molar-refractivity contribution in [2.24, 2.45) is 0 Å². The van der Waals surface area contributed by atoms with Crippen LogP contribution < -0.4 is 14.2 Å². The van der Waals surface area contributed by atoms with Crippen LogP contribution in [0.25, 0.3) is 10.9 Å². The minimum absolute atomic E-state index is 0.0414. The van der Waals surface area contributed by atoms with E-state index in [2.05, 4.69) is 22.4 Å². The van der Waals surface area contributed by atoms with Crippen LogP contribution in [0.4, 0.5) is 0 Å². The summed E-state index contributed by atoms with van der Waals surface area (Å²) in [5, 5.41) is 3.75. The zero-order chi connectivity index (χ0) is 13.9. The summed E-state index contributed by atoms with van der Waals surface area (Å²) in [6.07, 6.45) is 2.02. The molecule has 1 aromatic heterocycles. The van der Waals surface area contributed by atoms with E-state index >= 15 is 0 Å². The number of hydrogen-bond donors (Lipinski definition) is 2. The summed E-state index contributed by atoms with van der Waals surface area (Å²) in [7, 11) is 1.66. The second kappa shape index (κ2) is 5.53. The van der Waals surface area contributed by atoms with Gasteiger partial charge in [-0.1, -0.05) is 0 Å². The molecule has 0 aliphatic carbocycles. The Kier molecular flexibility index (Phi) is 3.59. The molecule has 2 aromatic carbocycles. The van der Waals surface area contributed by atoms with E-state index in [-0.39, 0.29) is 20.9 Å². The monoisotopic (exact) mass is 330 g/mol. The van der Waals surface area contributed by atoms with Crippen molar-refractivity contribution >= 4 is 40.7 Å². The van der Waals surface area contributed by atoms with Crippen molar-refractivity contribution in [3.8, 4) is 0 Å². The fourth-order valence-electron chi connectivity index (χ4n) is 2.17. The van der Waals surface area contributed by atoms with Crippen LogP contribution in [0.5, 0.6) is 0 Å². The molecule has 0 bridgehead atoms. The van der Waals surface area contributed by atoms with Gasteiger partial charge in [0.05, 0.1) is 0 Å². The SMILES string of the molecule is CNC(=O)c1cccc2[nH]cc([Se]c3ccccc3)c12. The fraction of sp³-hybridized carbons (Fsp3) is 0.0625. The second-order valence-corrected chi connectivity index (χ2v) is 6.72. The van der Waals surface area contributed by atoms with Gasteiger partial charge >= 0.3 is 123 Å². The van der Waals surface area contributed by atoms with Gasteiger partial charge in [-0.2, -0.15) is 0 Å². The summed E-state index contributed by atoms with van der Waals surface area (Å²) in [5.74, 6) is -0.0414. The molecule has 3 nitrogen and oxygen atoms in total. The molecular weight excluding hydrogens is 315 g/mol.